The highest BCUT2D eigenvalue weighted by Gasteiger charge is 2.34. The molecule has 0 aromatic heterocycles. The van der Waals surface area contributed by atoms with Gasteiger partial charge in [0, 0.05) is 37.1 Å². The van der Waals surface area contributed by atoms with Gasteiger partial charge in [-0.05, 0) is 30.9 Å². The van der Waals surface area contributed by atoms with Crippen molar-refractivity contribution >= 4 is 23.5 Å². The first-order chi connectivity index (χ1) is 12.6. The monoisotopic (exact) mass is 376 g/mol. The van der Waals surface area contributed by atoms with Crippen molar-refractivity contribution in [3.05, 3.63) is 47.0 Å². The van der Waals surface area contributed by atoms with Crippen molar-refractivity contribution in [3.63, 3.8) is 0 Å². The van der Waals surface area contributed by atoms with E-state index in [0.717, 1.165) is 24.8 Å². The fourth-order valence-corrected chi connectivity index (χ4v) is 4.00. The zero-order chi connectivity index (χ0) is 18.5. The third kappa shape index (κ3) is 4.10. The summed E-state index contributed by atoms with van der Waals surface area (Å²) < 4.78 is 5.02. The highest BCUT2D eigenvalue weighted by atomic mass is 35.5. The molecular weight excluding hydrogens is 352 g/mol. The number of hydrogen-bond acceptors (Lipinski definition) is 4. The highest BCUT2D eigenvalue weighted by molar-refractivity contribution is 6.31. The molecule has 2 atom stereocenters. The second-order valence-corrected chi connectivity index (χ2v) is 7.20. The van der Waals surface area contributed by atoms with Crippen LogP contribution >= 0.6 is 11.6 Å². The van der Waals surface area contributed by atoms with Gasteiger partial charge in [-0.2, -0.15) is 0 Å². The van der Waals surface area contributed by atoms with Crippen LogP contribution in [0.15, 0.2) is 36.4 Å². The number of carbonyl (C=O) groups excluding carboxylic acids is 2. The molecule has 140 valence electrons. The molecular formula is C20H25ClN2O3. The first kappa shape index (κ1) is 18.9. The van der Waals surface area contributed by atoms with E-state index in [1.54, 1.807) is 6.07 Å². The molecule has 6 heteroatoms. The van der Waals surface area contributed by atoms with Crippen LogP contribution < -0.4 is 0 Å². The molecule has 1 aromatic carbocycles. The number of benzene rings is 1. The second-order valence-electron chi connectivity index (χ2n) is 6.79. The third-order valence-corrected chi connectivity index (χ3v) is 5.58. The van der Waals surface area contributed by atoms with Crippen molar-refractivity contribution in [2.75, 3.05) is 33.3 Å². The molecule has 1 aromatic rings. The summed E-state index contributed by atoms with van der Waals surface area (Å²) in [4.78, 5) is 29.1. The number of hydrogen-bond donors (Lipinski definition) is 0. The fourth-order valence-electron chi connectivity index (χ4n) is 3.76. The predicted octanol–water partition coefficient (Wildman–Crippen LogP) is 3.05. The van der Waals surface area contributed by atoms with Gasteiger partial charge in [0.1, 0.15) is 6.04 Å². The number of amides is 1. The Morgan fingerprint density at radius 3 is 2.50 bits per heavy atom. The van der Waals surface area contributed by atoms with Crippen LogP contribution in [0.5, 0.6) is 0 Å². The molecule has 26 heavy (non-hydrogen) atoms. The first-order valence-electron chi connectivity index (χ1n) is 9.12. The second kappa shape index (κ2) is 8.69. The molecule has 0 saturated carbocycles. The van der Waals surface area contributed by atoms with E-state index in [4.69, 9.17) is 16.3 Å². The quantitative estimate of drug-likeness (QED) is 0.598. The average Bonchev–Trinajstić information content (AvgIpc) is 2.70. The summed E-state index contributed by atoms with van der Waals surface area (Å²) in [5, 5.41) is 0.551. The van der Waals surface area contributed by atoms with Crippen LogP contribution in [0.3, 0.4) is 0 Å². The van der Waals surface area contributed by atoms with Gasteiger partial charge in [0.25, 0.3) is 0 Å². The van der Waals surface area contributed by atoms with Crippen LogP contribution in [0, 0.1) is 5.92 Å². The molecule has 0 N–H and O–H groups in total. The molecule has 1 aliphatic heterocycles. The Labute approximate surface area is 159 Å². The summed E-state index contributed by atoms with van der Waals surface area (Å²) in [6.07, 6.45) is 7.00. The Balaban J connectivity index is 1.68. The van der Waals surface area contributed by atoms with Gasteiger partial charge in [-0.3, -0.25) is 9.69 Å². The Kier molecular flexibility index (Phi) is 6.33. The summed E-state index contributed by atoms with van der Waals surface area (Å²) in [6.45, 7) is 2.49. The summed E-state index contributed by atoms with van der Waals surface area (Å²) in [5.41, 5.74) is 0.748. The fraction of sp³-hybridized carbons (Fsp3) is 0.500. The first-order valence-corrected chi connectivity index (χ1v) is 9.49. The van der Waals surface area contributed by atoms with Gasteiger partial charge < -0.3 is 9.64 Å². The standard InChI is InChI=1S/C20H25ClN2O3/c1-26-20(25)18(16-9-5-6-10-17(16)21)22-11-13-23(14-12-22)19(24)15-7-3-2-4-8-15/h2-3,5-6,9-10,15,18H,4,7-8,11-14H2,1H3/t15-,18+/m0/s1. The number of allylic oxidation sites excluding steroid dienone is 2. The minimum atomic E-state index is -0.538. The molecule has 0 spiro atoms. The number of rotatable bonds is 4. The van der Waals surface area contributed by atoms with Crippen LogP contribution in [0.1, 0.15) is 30.9 Å². The van der Waals surface area contributed by atoms with Crippen molar-refractivity contribution < 1.29 is 14.3 Å². The van der Waals surface area contributed by atoms with E-state index in [-0.39, 0.29) is 17.8 Å². The topological polar surface area (TPSA) is 49.9 Å². The van der Waals surface area contributed by atoms with Gasteiger partial charge in [-0.1, -0.05) is 42.0 Å². The third-order valence-electron chi connectivity index (χ3n) is 5.23. The molecule has 0 radical (unpaired) electrons. The van der Waals surface area contributed by atoms with Crippen LogP contribution in [0.4, 0.5) is 0 Å². The van der Waals surface area contributed by atoms with Gasteiger partial charge in [0.2, 0.25) is 5.91 Å². The highest BCUT2D eigenvalue weighted by Crippen LogP contribution is 2.30. The smallest absolute Gasteiger partial charge is 0.327 e. The Bertz CT molecular complexity index is 683. The van der Waals surface area contributed by atoms with Crippen LogP contribution in [0.25, 0.3) is 0 Å². The lowest BCUT2D eigenvalue weighted by molar-refractivity contribution is -0.149. The number of carbonyl (C=O) groups is 2. The van der Waals surface area contributed by atoms with E-state index >= 15 is 0 Å². The number of methoxy groups -OCH3 is 1. The van der Waals surface area contributed by atoms with E-state index in [0.29, 0.717) is 31.2 Å². The summed E-state index contributed by atoms with van der Waals surface area (Å²) in [7, 11) is 1.39. The van der Waals surface area contributed by atoms with Gasteiger partial charge in [0.15, 0.2) is 0 Å². The van der Waals surface area contributed by atoms with E-state index in [2.05, 4.69) is 17.1 Å². The Morgan fingerprint density at radius 2 is 1.88 bits per heavy atom. The normalized spacial score (nSPS) is 22.1. The van der Waals surface area contributed by atoms with E-state index in [1.807, 2.05) is 23.1 Å². The molecule has 1 saturated heterocycles. The van der Waals surface area contributed by atoms with Crippen molar-refractivity contribution in [3.8, 4) is 0 Å². The van der Waals surface area contributed by atoms with Crippen molar-refractivity contribution in [1.82, 2.24) is 9.80 Å². The maximum absolute atomic E-state index is 12.7. The van der Waals surface area contributed by atoms with Gasteiger partial charge in [-0.25, -0.2) is 4.79 Å². The maximum Gasteiger partial charge on any atom is 0.327 e. The van der Waals surface area contributed by atoms with E-state index in [9.17, 15) is 9.59 Å². The summed E-state index contributed by atoms with van der Waals surface area (Å²) in [5.74, 6) is 0.0168. The van der Waals surface area contributed by atoms with Crippen LogP contribution in [0.2, 0.25) is 5.02 Å². The molecule has 1 fully saturated rings. The number of nitrogens with zero attached hydrogens (tertiary/aromatic N) is 2. The minimum Gasteiger partial charge on any atom is -0.468 e. The molecule has 3 rings (SSSR count). The zero-order valence-electron chi connectivity index (χ0n) is 15.1. The van der Waals surface area contributed by atoms with Gasteiger partial charge in [0.05, 0.1) is 7.11 Å². The SMILES string of the molecule is COC(=O)[C@@H](c1ccccc1Cl)N1CCN(C(=O)[C@H]2CC=CCC2)CC1. The number of piperazine rings is 1. The number of esters is 1. The molecule has 0 bridgehead atoms. The lowest BCUT2D eigenvalue weighted by Crippen LogP contribution is -2.52. The van der Waals surface area contributed by atoms with Crippen LogP contribution in [-0.4, -0.2) is 55.0 Å². The number of halogens is 1. The molecule has 5 nitrogen and oxygen atoms in total. The molecule has 1 amide bonds. The average molecular weight is 377 g/mol. The largest absolute Gasteiger partial charge is 0.468 e. The molecule has 1 aliphatic carbocycles. The van der Waals surface area contributed by atoms with Crippen molar-refractivity contribution in [2.45, 2.75) is 25.3 Å². The Hall–Kier alpha value is -1.85. The van der Waals surface area contributed by atoms with Crippen LogP contribution in [-0.2, 0) is 14.3 Å². The molecule has 2 aliphatic rings. The summed E-state index contributed by atoms with van der Waals surface area (Å²) >= 11 is 6.31. The van der Waals surface area contributed by atoms with Gasteiger partial charge >= 0.3 is 5.97 Å². The van der Waals surface area contributed by atoms with E-state index < -0.39 is 6.04 Å². The number of ether oxygens (including phenoxy) is 1. The predicted molar refractivity (Wildman–Crippen MR) is 101 cm³/mol. The van der Waals surface area contributed by atoms with E-state index in [1.165, 1.54) is 7.11 Å². The lowest BCUT2D eigenvalue weighted by Gasteiger charge is -2.39. The maximum atomic E-state index is 12.7. The molecule has 1 heterocycles. The zero-order valence-corrected chi connectivity index (χ0v) is 15.8. The van der Waals surface area contributed by atoms with Crippen molar-refractivity contribution in [2.24, 2.45) is 5.92 Å². The minimum absolute atomic E-state index is 0.103. The summed E-state index contributed by atoms with van der Waals surface area (Å²) in [6, 6.07) is 6.81. The Morgan fingerprint density at radius 1 is 1.15 bits per heavy atom. The van der Waals surface area contributed by atoms with Gasteiger partial charge in [-0.15, -0.1) is 0 Å². The van der Waals surface area contributed by atoms with Crippen molar-refractivity contribution in [1.29, 1.82) is 0 Å². The lowest BCUT2D eigenvalue weighted by atomic mass is 9.93. The molecule has 0 unspecified atom stereocenters.